The number of benzene rings is 3. The molecule has 0 spiro atoms. The highest BCUT2D eigenvalue weighted by Crippen LogP contribution is 2.26. The van der Waals surface area contributed by atoms with Crippen molar-refractivity contribution >= 4 is 28.2 Å². The molecule has 2 heteroatoms. The molecule has 0 fully saturated rings. The van der Waals surface area contributed by atoms with Crippen LogP contribution in [0.2, 0.25) is 5.02 Å². The van der Waals surface area contributed by atoms with Crippen LogP contribution in [0.25, 0.3) is 10.8 Å². The van der Waals surface area contributed by atoms with Gasteiger partial charge in [-0.15, -0.1) is 0 Å². The van der Waals surface area contributed by atoms with Crippen LogP contribution < -0.4 is 0 Å². The first kappa shape index (κ1) is 13.8. The van der Waals surface area contributed by atoms with Crippen molar-refractivity contribution in [2.75, 3.05) is 0 Å². The molecule has 3 aromatic carbocycles. The first-order valence-corrected chi connectivity index (χ1v) is 7.24. The summed E-state index contributed by atoms with van der Waals surface area (Å²) in [7, 11) is 0. The fourth-order valence-corrected chi connectivity index (χ4v) is 2.98. The summed E-state index contributed by atoms with van der Waals surface area (Å²) in [5.41, 5.74) is 3.37. The predicted octanol–water partition coefficient (Wildman–Crippen LogP) is 5.34. The van der Waals surface area contributed by atoms with E-state index >= 15 is 0 Å². The highest BCUT2D eigenvalue weighted by atomic mass is 35.5. The molecule has 0 aliphatic carbocycles. The SMILES string of the molecule is Cc1cc(Cl)cc(C(=O)c2c(C)ccc3ccccc23)c1. The van der Waals surface area contributed by atoms with Crippen molar-refractivity contribution in [3.63, 3.8) is 0 Å². The third-order valence-electron chi connectivity index (χ3n) is 3.67. The van der Waals surface area contributed by atoms with Crippen LogP contribution in [0.5, 0.6) is 0 Å². The topological polar surface area (TPSA) is 17.1 Å². The van der Waals surface area contributed by atoms with E-state index in [9.17, 15) is 4.79 Å². The molecule has 0 N–H and O–H groups in total. The third kappa shape index (κ3) is 2.57. The van der Waals surface area contributed by atoms with Crippen LogP contribution in [0.4, 0.5) is 0 Å². The van der Waals surface area contributed by atoms with E-state index in [1.54, 1.807) is 6.07 Å². The largest absolute Gasteiger partial charge is 0.289 e. The van der Waals surface area contributed by atoms with Gasteiger partial charge in [-0.05, 0) is 53.9 Å². The number of hydrogen-bond donors (Lipinski definition) is 0. The van der Waals surface area contributed by atoms with Gasteiger partial charge in [0.05, 0.1) is 0 Å². The number of hydrogen-bond acceptors (Lipinski definition) is 1. The van der Waals surface area contributed by atoms with E-state index in [4.69, 9.17) is 11.6 Å². The molecule has 0 atom stereocenters. The summed E-state index contributed by atoms with van der Waals surface area (Å²) in [4.78, 5) is 12.9. The summed E-state index contributed by atoms with van der Waals surface area (Å²) in [5, 5.41) is 2.65. The second-order valence-electron chi connectivity index (χ2n) is 5.32. The molecular weight excluding hydrogens is 280 g/mol. The van der Waals surface area contributed by atoms with Gasteiger partial charge in [-0.2, -0.15) is 0 Å². The molecule has 1 nitrogen and oxygen atoms in total. The Hall–Kier alpha value is -2.12. The van der Waals surface area contributed by atoms with Crippen LogP contribution in [-0.4, -0.2) is 5.78 Å². The van der Waals surface area contributed by atoms with E-state index in [2.05, 4.69) is 0 Å². The van der Waals surface area contributed by atoms with Crippen molar-refractivity contribution < 1.29 is 4.79 Å². The van der Waals surface area contributed by atoms with Gasteiger partial charge in [0.2, 0.25) is 0 Å². The van der Waals surface area contributed by atoms with E-state index in [1.165, 1.54) is 0 Å². The molecule has 0 aromatic heterocycles. The van der Waals surface area contributed by atoms with Crippen LogP contribution in [0.15, 0.2) is 54.6 Å². The molecule has 3 aromatic rings. The normalized spacial score (nSPS) is 10.8. The zero-order valence-corrected chi connectivity index (χ0v) is 12.7. The van der Waals surface area contributed by atoms with Crippen LogP contribution in [0.3, 0.4) is 0 Å². The maximum Gasteiger partial charge on any atom is 0.193 e. The Morgan fingerprint density at radius 2 is 1.71 bits per heavy atom. The molecule has 0 amide bonds. The lowest BCUT2D eigenvalue weighted by Gasteiger charge is -2.10. The fourth-order valence-electron chi connectivity index (χ4n) is 2.69. The van der Waals surface area contributed by atoms with Gasteiger partial charge < -0.3 is 0 Å². The van der Waals surface area contributed by atoms with Gasteiger partial charge in [-0.25, -0.2) is 0 Å². The summed E-state index contributed by atoms with van der Waals surface area (Å²) < 4.78 is 0. The molecule has 0 saturated heterocycles. The van der Waals surface area contributed by atoms with Gasteiger partial charge >= 0.3 is 0 Å². The number of rotatable bonds is 2. The van der Waals surface area contributed by atoms with Crippen molar-refractivity contribution in [3.05, 3.63) is 81.9 Å². The Morgan fingerprint density at radius 3 is 2.48 bits per heavy atom. The lowest BCUT2D eigenvalue weighted by molar-refractivity contribution is 0.103. The number of carbonyl (C=O) groups is 1. The Bertz CT molecular complexity index is 829. The second-order valence-corrected chi connectivity index (χ2v) is 5.76. The van der Waals surface area contributed by atoms with Crippen molar-refractivity contribution in [2.45, 2.75) is 13.8 Å². The smallest absolute Gasteiger partial charge is 0.193 e. The van der Waals surface area contributed by atoms with Crippen LogP contribution in [0, 0.1) is 13.8 Å². The molecule has 0 heterocycles. The molecule has 0 unspecified atom stereocenters. The quantitative estimate of drug-likeness (QED) is 0.583. The average Bonchev–Trinajstić information content (AvgIpc) is 2.45. The maximum atomic E-state index is 12.9. The van der Waals surface area contributed by atoms with Gasteiger partial charge in [0.25, 0.3) is 0 Å². The minimum Gasteiger partial charge on any atom is -0.289 e. The Morgan fingerprint density at radius 1 is 0.952 bits per heavy atom. The highest BCUT2D eigenvalue weighted by molar-refractivity contribution is 6.31. The molecular formula is C19H15ClO. The van der Waals surface area contributed by atoms with Gasteiger partial charge in [0.15, 0.2) is 5.78 Å². The predicted molar refractivity (Wildman–Crippen MR) is 88.3 cm³/mol. The van der Waals surface area contributed by atoms with Crippen LogP contribution in [0.1, 0.15) is 27.0 Å². The summed E-state index contributed by atoms with van der Waals surface area (Å²) in [6, 6.07) is 17.5. The van der Waals surface area contributed by atoms with E-state index in [0.717, 1.165) is 27.5 Å². The minimum absolute atomic E-state index is 0.0231. The monoisotopic (exact) mass is 294 g/mol. The zero-order valence-electron chi connectivity index (χ0n) is 12.0. The summed E-state index contributed by atoms with van der Waals surface area (Å²) in [5.74, 6) is 0.0231. The number of fused-ring (bicyclic) bond motifs is 1. The second kappa shape index (κ2) is 5.34. The first-order valence-electron chi connectivity index (χ1n) is 6.86. The van der Waals surface area contributed by atoms with E-state index in [-0.39, 0.29) is 5.78 Å². The number of aryl methyl sites for hydroxylation is 2. The zero-order chi connectivity index (χ0) is 15.0. The third-order valence-corrected chi connectivity index (χ3v) is 3.89. The van der Waals surface area contributed by atoms with E-state index in [0.29, 0.717) is 10.6 Å². The molecule has 0 aliphatic rings. The number of ketones is 1. The summed E-state index contributed by atoms with van der Waals surface area (Å²) in [6.45, 7) is 3.91. The summed E-state index contributed by atoms with van der Waals surface area (Å²) in [6.07, 6.45) is 0. The number of carbonyl (C=O) groups excluding carboxylic acids is 1. The lowest BCUT2D eigenvalue weighted by atomic mass is 9.93. The maximum absolute atomic E-state index is 12.9. The molecule has 104 valence electrons. The van der Waals surface area contributed by atoms with Crippen molar-refractivity contribution in [3.8, 4) is 0 Å². The lowest BCUT2D eigenvalue weighted by Crippen LogP contribution is -2.05. The molecule has 0 saturated carbocycles. The Kier molecular flexibility index (Phi) is 3.52. The van der Waals surface area contributed by atoms with Gasteiger partial charge in [-0.1, -0.05) is 48.0 Å². The Labute approximate surface area is 129 Å². The molecule has 0 radical (unpaired) electrons. The van der Waals surface area contributed by atoms with Crippen LogP contribution in [-0.2, 0) is 0 Å². The highest BCUT2D eigenvalue weighted by Gasteiger charge is 2.16. The Balaban J connectivity index is 2.24. The fraction of sp³-hybridized carbons (Fsp3) is 0.105. The summed E-state index contributed by atoms with van der Waals surface area (Å²) >= 11 is 6.09. The van der Waals surface area contributed by atoms with Gasteiger partial charge in [0, 0.05) is 16.1 Å². The van der Waals surface area contributed by atoms with Gasteiger partial charge in [0.1, 0.15) is 0 Å². The van der Waals surface area contributed by atoms with Gasteiger partial charge in [-0.3, -0.25) is 4.79 Å². The van der Waals surface area contributed by atoms with Crippen molar-refractivity contribution in [1.82, 2.24) is 0 Å². The van der Waals surface area contributed by atoms with E-state index in [1.807, 2.05) is 62.4 Å². The molecule has 3 rings (SSSR count). The van der Waals surface area contributed by atoms with Crippen molar-refractivity contribution in [1.29, 1.82) is 0 Å². The standard InChI is InChI=1S/C19H15ClO/c1-12-9-15(11-16(20)10-12)19(21)18-13(2)7-8-14-5-3-4-6-17(14)18/h3-11H,1-2H3. The molecule has 0 bridgehead atoms. The minimum atomic E-state index is 0.0231. The molecule has 21 heavy (non-hydrogen) atoms. The van der Waals surface area contributed by atoms with Crippen molar-refractivity contribution in [2.24, 2.45) is 0 Å². The van der Waals surface area contributed by atoms with E-state index < -0.39 is 0 Å². The molecule has 0 aliphatic heterocycles. The average molecular weight is 295 g/mol. The van der Waals surface area contributed by atoms with Crippen LogP contribution >= 0.6 is 11.6 Å². The number of halogens is 1. The first-order chi connectivity index (χ1) is 10.1.